The molecular formula is C27H24FN7O. The summed E-state index contributed by atoms with van der Waals surface area (Å²) in [6.45, 7) is 2.02. The third-order valence-corrected chi connectivity index (χ3v) is 8.12. The number of rotatable bonds is 4. The van der Waals surface area contributed by atoms with Crippen LogP contribution in [0.2, 0.25) is 0 Å². The van der Waals surface area contributed by atoms with Crippen molar-refractivity contribution in [1.29, 1.82) is 0 Å². The fourth-order valence-electron chi connectivity index (χ4n) is 6.28. The molecule has 8 nitrogen and oxygen atoms in total. The first-order chi connectivity index (χ1) is 17.6. The standard InChI is InChI=1S/C27H24FN7O/c28-20-4-2-1-3-18(20)27(14-29)17-9-10-35(13-19(17)27)22-12-30-25-24(33-34-26(25)32-22)16-5-7-21-15(11-16)6-8-23(36)31-21/h1-8,11-12,17,19H,9-10,13-14,29H2,(H,31,36)(H,32,33,34)/t17-,19+,27-/m1/s1. The number of nitrogens with two attached hydrogens (primary N) is 1. The second-order valence-electron chi connectivity index (χ2n) is 9.79. The van der Waals surface area contributed by atoms with Gasteiger partial charge in [0.1, 0.15) is 22.8 Å². The van der Waals surface area contributed by atoms with Gasteiger partial charge in [-0.15, -0.1) is 0 Å². The molecule has 2 aromatic carbocycles. The Morgan fingerprint density at radius 1 is 1.14 bits per heavy atom. The van der Waals surface area contributed by atoms with Crippen LogP contribution in [0.5, 0.6) is 0 Å². The Morgan fingerprint density at radius 3 is 2.89 bits per heavy atom. The van der Waals surface area contributed by atoms with E-state index in [9.17, 15) is 9.18 Å². The van der Waals surface area contributed by atoms with Crippen molar-refractivity contribution in [2.24, 2.45) is 17.6 Å². The second-order valence-corrected chi connectivity index (χ2v) is 9.79. The molecule has 5 aromatic rings. The summed E-state index contributed by atoms with van der Waals surface area (Å²) < 4.78 is 14.7. The molecule has 0 unspecified atom stereocenters. The van der Waals surface area contributed by atoms with Crippen LogP contribution in [0.25, 0.3) is 33.3 Å². The average Bonchev–Trinajstić information content (AvgIpc) is 3.36. The summed E-state index contributed by atoms with van der Waals surface area (Å²) in [6, 6.07) is 16.1. The van der Waals surface area contributed by atoms with Crippen LogP contribution >= 0.6 is 0 Å². The lowest BCUT2D eigenvalue weighted by molar-refractivity contribution is 0.533. The number of anilines is 1. The van der Waals surface area contributed by atoms with E-state index in [4.69, 9.17) is 15.7 Å². The molecule has 1 aliphatic carbocycles. The molecule has 180 valence electrons. The largest absolute Gasteiger partial charge is 0.355 e. The zero-order valence-electron chi connectivity index (χ0n) is 19.4. The first-order valence-electron chi connectivity index (χ1n) is 12.1. The molecule has 2 fully saturated rings. The van der Waals surface area contributed by atoms with Crippen molar-refractivity contribution in [2.75, 3.05) is 24.5 Å². The number of benzene rings is 2. The van der Waals surface area contributed by atoms with Crippen molar-refractivity contribution >= 4 is 27.9 Å². The van der Waals surface area contributed by atoms with Gasteiger partial charge in [0.15, 0.2) is 5.65 Å². The van der Waals surface area contributed by atoms with E-state index in [0.29, 0.717) is 29.3 Å². The van der Waals surface area contributed by atoms with Crippen LogP contribution in [0.3, 0.4) is 0 Å². The van der Waals surface area contributed by atoms with Crippen LogP contribution in [0.15, 0.2) is 65.6 Å². The van der Waals surface area contributed by atoms with Crippen LogP contribution in [0, 0.1) is 17.7 Å². The van der Waals surface area contributed by atoms with Crippen molar-refractivity contribution in [3.8, 4) is 11.3 Å². The predicted molar refractivity (Wildman–Crippen MR) is 136 cm³/mol. The molecule has 36 heavy (non-hydrogen) atoms. The molecule has 9 heteroatoms. The van der Waals surface area contributed by atoms with Gasteiger partial charge < -0.3 is 15.6 Å². The van der Waals surface area contributed by atoms with Gasteiger partial charge >= 0.3 is 0 Å². The summed E-state index contributed by atoms with van der Waals surface area (Å²) in [5, 5.41) is 8.43. The highest BCUT2D eigenvalue weighted by Crippen LogP contribution is 2.63. The maximum atomic E-state index is 14.7. The summed E-state index contributed by atoms with van der Waals surface area (Å²) in [6.07, 6.45) is 2.72. The number of halogens is 1. The SMILES string of the molecule is NC[C@]1(c2ccccc2F)[C@@H]2CCN(c3cnc4c(-c5ccc6[nH]c(=O)ccc6c5)n[nH]c4n3)C[C@@H]21. The summed E-state index contributed by atoms with van der Waals surface area (Å²) in [7, 11) is 0. The fourth-order valence-corrected chi connectivity index (χ4v) is 6.28. The van der Waals surface area contributed by atoms with E-state index in [0.717, 1.165) is 47.4 Å². The van der Waals surface area contributed by atoms with Gasteiger partial charge in [0, 0.05) is 42.2 Å². The van der Waals surface area contributed by atoms with Gasteiger partial charge in [-0.2, -0.15) is 5.10 Å². The molecule has 1 aliphatic heterocycles. The predicted octanol–water partition coefficient (Wildman–Crippen LogP) is 3.35. The summed E-state index contributed by atoms with van der Waals surface area (Å²) in [5.74, 6) is 1.27. The van der Waals surface area contributed by atoms with Crippen molar-refractivity contribution in [3.05, 3.63) is 82.5 Å². The van der Waals surface area contributed by atoms with E-state index in [1.54, 1.807) is 18.3 Å². The number of pyridine rings is 1. The highest BCUT2D eigenvalue weighted by atomic mass is 19.1. The van der Waals surface area contributed by atoms with Crippen molar-refractivity contribution in [1.82, 2.24) is 25.1 Å². The van der Waals surface area contributed by atoms with Crippen LogP contribution in [0.4, 0.5) is 10.2 Å². The molecule has 1 saturated carbocycles. The lowest BCUT2D eigenvalue weighted by Gasteiger charge is -2.26. The second kappa shape index (κ2) is 7.69. The third kappa shape index (κ3) is 3.02. The number of nitrogens with zero attached hydrogens (tertiary/aromatic N) is 4. The quantitative estimate of drug-likeness (QED) is 0.363. The Kier molecular flexibility index (Phi) is 4.53. The Bertz CT molecular complexity index is 1700. The van der Waals surface area contributed by atoms with Crippen LogP contribution < -0.4 is 16.2 Å². The third-order valence-electron chi connectivity index (χ3n) is 8.12. The van der Waals surface area contributed by atoms with E-state index < -0.39 is 0 Å². The molecule has 0 amide bonds. The number of hydrogen-bond donors (Lipinski definition) is 3. The van der Waals surface area contributed by atoms with Gasteiger partial charge in [-0.1, -0.05) is 24.3 Å². The first kappa shape index (κ1) is 21.2. The van der Waals surface area contributed by atoms with Gasteiger partial charge in [0.2, 0.25) is 5.56 Å². The van der Waals surface area contributed by atoms with Gasteiger partial charge in [0.05, 0.1) is 6.20 Å². The zero-order chi connectivity index (χ0) is 24.4. The number of fused-ring (bicyclic) bond motifs is 3. The molecule has 4 N–H and O–H groups in total. The molecular weight excluding hydrogens is 457 g/mol. The van der Waals surface area contributed by atoms with Gasteiger partial charge in [-0.05, 0) is 53.5 Å². The molecule has 0 bridgehead atoms. The Hall–Kier alpha value is -4.11. The monoisotopic (exact) mass is 481 g/mol. The van der Waals surface area contributed by atoms with Crippen molar-refractivity contribution in [2.45, 2.75) is 11.8 Å². The lowest BCUT2D eigenvalue weighted by atomic mass is 9.91. The number of aromatic nitrogens is 5. The van der Waals surface area contributed by atoms with Gasteiger partial charge in [-0.3, -0.25) is 9.89 Å². The maximum Gasteiger partial charge on any atom is 0.248 e. The number of piperidine rings is 1. The summed E-state index contributed by atoms with van der Waals surface area (Å²) >= 11 is 0. The Balaban J connectivity index is 1.18. The summed E-state index contributed by atoms with van der Waals surface area (Å²) in [5.41, 5.74) is 10.2. The topological polar surface area (TPSA) is 117 Å². The van der Waals surface area contributed by atoms with Gasteiger partial charge in [-0.25, -0.2) is 14.4 Å². The minimum atomic E-state index is -0.306. The molecule has 7 rings (SSSR count). The zero-order valence-corrected chi connectivity index (χ0v) is 19.4. The van der Waals surface area contributed by atoms with Gasteiger partial charge in [0.25, 0.3) is 0 Å². The molecule has 3 atom stereocenters. The van der Waals surface area contributed by atoms with E-state index >= 15 is 0 Å². The lowest BCUT2D eigenvalue weighted by Crippen LogP contribution is -2.32. The number of hydrogen-bond acceptors (Lipinski definition) is 6. The van der Waals surface area contributed by atoms with E-state index in [-0.39, 0.29) is 22.7 Å². The minimum absolute atomic E-state index is 0.133. The number of H-pyrrole nitrogens is 2. The molecule has 2 aliphatic rings. The molecule has 1 saturated heterocycles. The van der Waals surface area contributed by atoms with E-state index in [1.807, 2.05) is 30.3 Å². The van der Waals surface area contributed by atoms with Crippen molar-refractivity contribution in [3.63, 3.8) is 0 Å². The van der Waals surface area contributed by atoms with Crippen LogP contribution in [0.1, 0.15) is 12.0 Å². The van der Waals surface area contributed by atoms with Crippen LogP contribution in [-0.4, -0.2) is 44.8 Å². The fraction of sp³-hybridized carbons (Fsp3) is 0.259. The highest BCUT2D eigenvalue weighted by Gasteiger charge is 2.66. The molecule has 0 radical (unpaired) electrons. The minimum Gasteiger partial charge on any atom is -0.355 e. The first-order valence-corrected chi connectivity index (χ1v) is 12.1. The van der Waals surface area contributed by atoms with E-state index in [1.165, 1.54) is 12.1 Å². The smallest absolute Gasteiger partial charge is 0.248 e. The summed E-state index contributed by atoms with van der Waals surface area (Å²) in [4.78, 5) is 26.2. The number of nitrogens with one attached hydrogen (secondary N) is 2. The molecule has 0 spiro atoms. The maximum absolute atomic E-state index is 14.7. The van der Waals surface area contributed by atoms with E-state index in [2.05, 4.69) is 20.1 Å². The van der Waals surface area contributed by atoms with Crippen molar-refractivity contribution < 1.29 is 4.39 Å². The number of aromatic amines is 2. The molecule has 4 heterocycles. The Labute approximate surface area is 205 Å². The highest BCUT2D eigenvalue weighted by molar-refractivity contribution is 5.92. The average molecular weight is 482 g/mol. The van der Waals surface area contributed by atoms with Crippen LogP contribution in [-0.2, 0) is 5.41 Å². The molecule has 3 aromatic heterocycles. The Morgan fingerprint density at radius 2 is 2.03 bits per heavy atom. The normalized spacial score (nSPS) is 23.2.